The fourth-order valence-electron chi connectivity index (χ4n) is 2.41. The van der Waals surface area contributed by atoms with Crippen LogP contribution < -0.4 is 0 Å². The standard InChI is InChI=1S/C11H14O7/c12-3-1-7-14-5-6-9(16-7)10-11(15-6)18-8(17-10)2-4-13/h3-4,6-11H,1-2,5H2. The van der Waals surface area contributed by atoms with Gasteiger partial charge in [0, 0.05) is 0 Å². The van der Waals surface area contributed by atoms with E-state index in [1.807, 2.05) is 0 Å². The molecule has 0 aliphatic carbocycles. The number of ether oxygens (including phenoxy) is 5. The van der Waals surface area contributed by atoms with Crippen LogP contribution in [0.25, 0.3) is 0 Å². The second-order valence-corrected chi connectivity index (χ2v) is 4.38. The third-order valence-electron chi connectivity index (χ3n) is 3.19. The molecule has 3 saturated heterocycles. The van der Waals surface area contributed by atoms with E-state index in [-0.39, 0.29) is 31.2 Å². The molecule has 0 aromatic heterocycles. The van der Waals surface area contributed by atoms with E-state index in [2.05, 4.69) is 0 Å². The lowest BCUT2D eigenvalue weighted by molar-refractivity contribution is -0.267. The second-order valence-electron chi connectivity index (χ2n) is 4.38. The summed E-state index contributed by atoms with van der Waals surface area (Å²) in [6.07, 6.45) is -0.745. The number of carbonyl (C=O) groups is 2. The first kappa shape index (κ1) is 12.2. The Kier molecular flexibility index (Phi) is 3.40. The predicted octanol–water partition coefficient (Wildman–Crippen LogP) is -0.628. The van der Waals surface area contributed by atoms with Gasteiger partial charge in [-0.2, -0.15) is 0 Å². The first-order valence-electron chi connectivity index (χ1n) is 5.92. The number of aldehydes is 2. The summed E-state index contributed by atoms with van der Waals surface area (Å²) in [7, 11) is 0. The van der Waals surface area contributed by atoms with E-state index in [0.29, 0.717) is 6.61 Å². The number of hydrogen-bond acceptors (Lipinski definition) is 7. The van der Waals surface area contributed by atoms with Gasteiger partial charge in [-0.15, -0.1) is 0 Å². The zero-order valence-electron chi connectivity index (χ0n) is 9.60. The third-order valence-corrected chi connectivity index (χ3v) is 3.19. The Morgan fingerprint density at radius 2 is 1.61 bits per heavy atom. The van der Waals surface area contributed by atoms with Gasteiger partial charge in [-0.05, 0) is 0 Å². The summed E-state index contributed by atoms with van der Waals surface area (Å²) < 4.78 is 27.5. The molecule has 0 amide bonds. The molecule has 3 heterocycles. The first-order valence-corrected chi connectivity index (χ1v) is 5.92. The van der Waals surface area contributed by atoms with Crippen LogP contribution in [0.2, 0.25) is 0 Å². The van der Waals surface area contributed by atoms with Crippen LogP contribution in [-0.2, 0) is 33.3 Å². The lowest BCUT2D eigenvalue weighted by atomic mass is 10.1. The second kappa shape index (κ2) is 5.02. The average molecular weight is 258 g/mol. The molecule has 0 aromatic rings. The monoisotopic (exact) mass is 258 g/mol. The van der Waals surface area contributed by atoms with Crippen molar-refractivity contribution in [3.8, 4) is 0 Å². The summed E-state index contributed by atoms with van der Waals surface area (Å²) in [5.74, 6) is 0. The summed E-state index contributed by atoms with van der Waals surface area (Å²) in [6.45, 7) is 0.348. The van der Waals surface area contributed by atoms with Crippen LogP contribution in [-0.4, -0.2) is 56.4 Å². The fraction of sp³-hybridized carbons (Fsp3) is 0.818. The normalized spacial score (nSPS) is 46.4. The maximum Gasteiger partial charge on any atom is 0.190 e. The van der Waals surface area contributed by atoms with Crippen molar-refractivity contribution in [3.05, 3.63) is 0 Å². The molecule has 6 atom stereocenters. The van der Waals surface area contributed by atoms with Crippen molar-refractivity contribution in [2.45, 2.75) is 50.0 Å². The molecule has 3 fully saturated rings. The van der Waals surface area contributed by atoms with E-state index in [0.717, 1.165) is 12.6 Å². The van der Waals surface area contributed by atoms with Crippen molar-refractivity contribution in [1.29, 1.82) is 0 Å². The van der Waals surface area contributed by atoms with Crippen LogP contribution in [0.5, 0.6) is 0 Å². The van der Waals surface area contributed by atoms with Gasteiger partial charge < -0.3 is 33.3 Å². The first-order chi connectivity index (χ1) is 8.81. The Hall–Kier alpha value is -0.860. The van der Waals surface area contributed by atoms with Crippen molar-refractivity contribution >= 4 is 12.6 Å². The zero-order chi connectivity index (χ0) is 12.5. The molecular weight excluding hydrogens is 244 g/mol. The van der Waals surface area contributed by atoms with Crippen molar-refractivity contribution in [1.82, 2.24) is 0 Å². The highest BCUT2D eigenvalue weighted by molar-refractivity contribution is 5.50. The largest absolute Gasteiger partial charge is 0.349 e. The summed E-state index contributed by atoms with van der Waals surface area (Å²) in [6, 6.07) is 0. The van der Waals surface area contributed by atoms with Gasteiger partial charge in [-0.3, -0.25) is 0 Å². The molecule has 0 saturated carbocycles. The smallest absolute Gasteiger partial charge is 0.190 e. The van der Waals surface area contributed by atoms with E-state index in [4.69, 9.17) is 23.7 Å². The third kappa shape index (κ3) is 2.08. The van der Waals surface area contributed by atoms with Crippen LogP contribution in [0.4, 0.5) is 0 Å². The van der Waals surface area contributed by atoms with Crippen LogP contribution in [0.1, 0.15) is 12.8 Å². The highest BCUT2D eigenvalue weighted by Gasteiger charge is 2.55. The summed E-state index contributed by atoms with van der Waals surface area (Å²) >= 11 is 0. The summed E-state index contributed by atoms with van der Waals surface area (Å²) in [5, 5.41) is 0. The molecular formula is C11H14O7. The zero-order valence-corrected chi connectivity index (χ0v) is 9.60. The molecule has 100 valence electrons. The van der Waals surface area contributed by atoms with Gasteiger partial charge in [0.25, 0.3) is 0 Å². The lowest BCUT2D eigenvalue weighted by Crippen LogP contribution is -2.46. The Morgan fingerprint density at radius 1 is 0.889 bits per heavy atom. The highest BCUT2D eigenvalue weighted by atomic mass is 16.8. The minimum atomic E-state index is -0.575. The Morgan fingerprint density at radius 3 is 2.39 bits per heavy atom. The molecule has 0 bridgehead atoms. The summed E-state index contributed by atoms with van der Waals surface area (Å²) in [4.78, 5) is 20.9. The maximum absolute atomic E-state index is 10.4. The van der Waals surface area contributed by atoms with Gasteiger partial charge in [0.1, 0.15) is 30.9 Å². The highest BCUT2D eigenvalue weighted by Crippen LogP contribution is 2.37. The minimum absolute atomic E-state index is 0.169. The van der Waals surface area contributed by atoms with Crippen molar-refractivity contribution in [2.24, 2.45) is 0 Å². The molecule has 0 radical (unpaired) electrons. The molecule has 3 aliphatic heterocycles. The van der Waals surface area contributed by atoms with E-state index >= 15 is 0 Å². The Bertz CT molecular complexity index is 333. The van der Waals surface area contributed by atoms with Gasteiger partial charge in [0.15, 0.2) is 18.9 Å². The van der Waals surface area contributed by atoms with Crippen LogP contribution >= 0.6 is 0 Å². The molecule has 18 heavy (non-hydrogen) atoms. The topological polar surface area (TPSA) is 80.3 Å². The molecule has 7 heteroatoms. The molecule has 0 N–H and O–H groups in total. The van der Waals surface area contributed by atoms with E-state index in [9.17, 15) is 9.59 Å². The molecule has 0 spiro atoms. The van der Waals surface area contributed by atoms with Gasteiger partial charge in [0.2, 0.25) is 0 Å². The van der Waals surface area contributed by atoms with Gasteiger partial charge >= 0.3 is 0 Å². The molecule has 3 aliphatic rings. The summed E-state index contributed by atoms with van der Waals surface area (Å²) in [5.41, 5.74) is 0. The quantitative estimate of drug-likeness (QED) is 0.621. The van der Waals surface area contributed by atoms with Gasteiger partial charge in [0.05, 0.1) is 19.4 Å². The van der Waals surface area contributed by atoms with Crippen molar-refractivity contribution in [3.63, 3.8) is 0 Å². The number of fused-ring (bicyclic) bond motifs is 3. The predicted molar refractivity (Wildman–Crippen MR) is 54.4 cm³/mol. The van der Waals surface area contributed by atoms with Gasteiger partial charge in [-0.1, -0.05) is 0 Å². The van der Waals surface area contributed by atoms with Crippen LogP contribution in [0, 0.1) is 0 Å². The van der Waals surface area contributed by atoms with Crippen molar-refractivity contribution < 1.29 is 33.3 Å². The fourth-order valence-corrected chi connectivity index (χ4v) is 2.41. The van der Waals surface area contributed by atoms with Crippen LogP contribution in [0.15, 0.2) is 0 Å². The maximum atomic E-state index is 10.4. The Balaban J connectivity index is 1.63. The Labute approximate surface area is 103 Å². The average Bonchev–Trinajstić information content (AvgIpc) is 2.87. The number of rotatable bonds is 4. The molecule has 6 unspecified atom stereocenters. The van der Waals surface area contributed by atoms with Crippen LogP contribution in [0.3, 0.4) is 0 Å². The molecule has 3 rings (SSSR count). The SMILES string of the molecule is O=CCC1OCC2OC3OC(CC=O)OC3C2O1. The number of carbonyl (C=O) groups excluding carboxylic acids is 2. The van der Waals surface area contributed by atoms with Gasteiger partial charge in [-0.25, -0.2) is 0 Å². The minimum Gasteiger partial charge on any atom is -0.349 e. The molecule has 0 aromatic carbocycles. The van der Waals surface area contributed by atoms with E-state index in [1.165, 1.54) is 0 Å². The lowest BCUT2D eigenvalue weighted by Gasteiger charge is -2.32. The number of hydrogen-bond donors (Lipinski definition) is 0. The molecule has 7 nitrogen and oxygen atoms in total. The van der Waals surface area contributed by atoms with E-state index in [1.54, 1.807) is 0 Å². The van der Waals surface area contributed by atoms with Crippen molar-refractivity contribution in [2.75, 3.05) is 6.61 Å². The van der Waals surface area contributed by atoms with E-state index < -0.39 is 18.9 Å².